The van der Waals surface area contributed by atoms with Crippen molar-refractivity contribution in [1.29, 1.82) is 0 Å². The van der Waals surface area contributed by atoms with Crippen molar-refractivity contribution in [2.75, 3.05) is 6.61 Å². The number of aliphatic hydroxyl groups excluding tert-OH is 1. The van der Waals surface area contributed by atoms with Crippen LogP contribution in [0.1, 0.15) is 57.1 Å². The number of aliphatic hydroxyl groups is 1. The Kier molecular flexibility index (Phi) is 3.99. The number of rotatable bonds is 6. The van der Waals surface area contributed by atoms with Gasteiger partial charge in [0, 0.05) is 6.61 Å². The Morgan fingerprint density at radius 3 is 2.70 bits per heavy atom. The number of hydrogen-bond acceptors (Lipinski definition) is 3. The van der Waals surface area contributed by atoms with Crippen molar-refractivity contribution in [2.24, 2.45) is 0 Å². The maximum atomic E-state index is 10.8. The third kappa shape index (κ3) is 2.84. The molecule has 2 fully saturated rings. The van der Waals surface area contributed by atoms with E-state index in [1.165, 1.54) is 0 Å². The van der Waals surface area contributed by atoms with Gasteiger partial charge in [-0.2, -0.15) is 0 Å². The summed E-state index contributed by atoms with van der Waals surface area (Å²) < 4.78 is 11.8. The van der Waals surface area contributed by atoms with Crippen LogP contribution in [0.4, 0.5) is 0 Å². The maximum Gasteiger partial charge on any atom is 0.120 e. The lowest BCUT2D eigenvalue weighted by molar-refractivity contribution is -0.118. The number of ether oxygens (including phenoxy) is 2. The summed E-state index contributed by atoms with van der Waals surface area (Å²) in [5, 5.41) is 10.8. The lowest BCUT2D eigenvalue weighted by Crippen LogP contribution is -2.36. The highest BCUT2D eigenvalue weighted by molar-refractivity contribution is 5.32. The Morgan fingerprint density at radius 2 is 2.05 bits per heavy atom. The van der Waals surface area contributed by atoms with E-state index in [0.29, 0.717) is 12.7 Å². The molecule has 110 valence electrons. The van der Waals surface area contributed by atoms with Crippen molar-refractivity contribution in [3.05, 3.63) is 29.8 Å². The molecule has 0 amide bonds. The average molecular weight is 276 g/mol. The van der Waals surface area contributed by atoms with Gasteiger partial charge in [0.05, 0.1) is 11.7 Å². The van der Waals surface area contributed by atoms with E-state index in [0.717, 1.165) is 49.8 Å². The molecule has 3 rings (SSSR count). The minimum atomic E-state index is -0.562. The molecule has 1 aromatic carbocycles. The Bertz CT molecular complexity index is 447. The summed E-state index contributed by atoms with van der Waals surface area (Å²) in [5.74, 6) is 0.869. The van der Waals surface area contributed by atoms with Crippen LogP contribution < -0.4 is 4.74 Å². The van der Waals surface area contributed by atoms with E-state index in [-0.39, 0.29) is 0 Å². The van der Waals surface area contributed by atoms with E-state index in [1.54, 1.807) is 0 Å². The van der Waals surface area contributed by atoms with Crippen molar-refractivity contribution in [2.45, 2.75) is 63.3 Å². The van der Waals surface area contributed by atoms with Crippen LogP contribution in [0, 0.1) is 0 Å². The van der Waals surface area contributed by atoms with E-state index in [2.05, 4.69) is 0 Å². The van der Waals surface area contributed by atoms with Gasteiger partial charge in [0.15, 0.2) is 0 Å². The third-order valence-corrected chi connectivity index (χ3v) is 4.38. The molecule has 0 bridgehead atoms. The van der Waals surface area contributed by atoms with E-state index >= 15 is 0 Å². The van der Waals surface area contributed by atoms with Gasteiger partial charge in [-0.15, -0.1) is 0 Å². The normalized spacial score (nSPS) is 22.7. The first-order valence-electron chi connectivity index (χ1n) is 7.82. The summed E-state index contributed by atoms with van der Waals surface area (Å²) >= 11 is 0. The highest BCUT2D eigenvalue weighted by Crippen LogP contribution is 2.43. The first-order valence-corrected chi connectivity index (χ1v) is 7.82. The smallest absolute Gasteiger partial charge is 0.120 e. The maximum absolute atomic E-state index is 10.8. The Balaban J connectivity index is 1.78. The largest absolute Gasteiger partial charge is 0.490 e. The molecule has 20 heavy (non-hydrogen) atoms. The summed E-state index contributed by atoms with van der Waals surface area (Å²) in [6.45, 7) is 2.65. The predicted octanol–water partition coefficient (Wildman–Crippen LogP) is 3.61. The molecule has 0 radical (unpaired) electrons. The molecule has 1 N–H and O–H groups in total. The second-order valence-corrected chi connectivity index (χ2v) is 6.00. The lowest BCUT2D eigenvalue weighted by Gasteiger charge is -2.34. The molecule has 1 unspecified atom stereocenters. The van der Waals surface area contributed by atoms with Gasteiger partial charge in [-0.3, -0.25) is 0 Å². The highest BCUT2D eigenvalue weighted by Gasteiger charge is 2.42. The van der Waals surface area contributed by atoms with Crippen molar-refractivity contribution in [3.63, 3.8) is 0 Å². The summed E-state index contributed by atoms with van der Waals surface area (Å²) in [4.78, 5) is 0. The molecule has 2 aliphatic rings. The van der Waals surface area contributed by atoms with E-state index in [1.807, 2.05) is 31.2 Å². The van der Waals surface area contributed by atoms with E-state index < -0.39 is 11.7 Å². The van der Waals surface area contributed by atoms with Crippen LogP contribution in [-0.4, -0.2) is 23.4 Å². The average Bonchev–Trinajstić information content (AvgIpc) is 3.14. The molecule has 1 atom stereocenters. The molecule has 1 aromatic rings. The molecule has 0 aliphatic heterocycles. The molecular formula is C17H24O3. The Morgan fingerprint density at radius 1 is 1.30 bits per heavy atom. The third-order valence-electron chi connectivity index (χ3n) is 4.38. The second-order valence-electron chi connectivity index (χ2n) is 6.00. The zero-order valence-electron chi connectivity index (χ0n) is 12.2. The molecule has 3 nitrogen and oxygen atoms in total. The monoisotopic (exact) mass is 276 g/mol. The van der Waals surface area contributed by atoms with Crippen molar-refractivity contribution < 1.29 is 14.6 Å². The van der Waals surface area contributed by atoms with Crippen LogP contribution in [0.2, 0.25) is 0 Å². The minimum absolute atomic E-state index is 0.384. The van der Waals surface area contributed by atoms with Gasteiger partial charge in [-0.1, -0.05) is 25.0 Å². The van der Waals surface area contributed by atoms with Crippen LogP contribution >= 0.6 is 0 Å². The minimum Gasteiger partial charge on any atom is -0.490 e. The number of benzene rings is 1. The molecule has 0 spiro atoms. The van der Waals surface area contributed by atoms with Crippen LogP contribution in [0.5, 0.6) is 5.75 Å². The fourth-order valence-corrected chi connectivity index (χ4v) is 3.20. The van der Waals surface area contributed by atoms with Gasteiger partial charge < -0.3 is 14.6 Å². The number of hydrogen-bond donors (Lipinski definition) is 1. The van der Waals surface area contributed by atoms with Gasteiger partial charge in [-0.25, -0.2) is 0 Å². The zero-order valence-corrected chi connectivity index (χ0v) is 12.2. The fourth-order valence-electron chi connectivity index (χ4n) is 3.20. The summed E-state index contributed by atoms with van der Waals surface area (Å²) in [7, 11) is 0. The van der Waals surface area contributed by atoms with Gasteiger partial charge in [0.25, 0.3) is 0 Å². The van der Waals surface area contributed by atoms with E-state index in [4.69, 9.17) is 9.47 Å². The molecule has 0 saturated heterocycles. The summed E-state index contributed by atoms with van der Waals surface area (Å²) in [6.07, 6.45) is 6.27. The lowest BCUT2D eigenvalue weighted by atomic mass is 9.89. The Hall–Kier alpha value is -1.06. The zero-order chi connectivity index (χ0) is 14.0. The van der Waals surface area contributed by atoms with E-state index in [9.17, 15) is 5.11 Å². The topological polar surface area (TPSA) is 38.7 Å². The van der Waals surface area contributed by atoms with Crippen molar-refractivity contribution >= 4 is 0 Å². The second kappa shape index (κ2) is 5.74. The van der Waals surface area contributed by atoms with Gasteiger partial charge >= 0.3 is 0 Å². The van der Waals surface area contributed by atoms with Gasteiger partial charge in [-0.05, 0) is 50.3 Å². The summed E-state index contributed by atoms with van der Waals surface area (Å²) in [5.41, 5.74) is 0.519. The molecule has 3 heteroatoms. The quantitative estimate of drug-likeness (QED) is 0.862. The molecule has 2 aliphatic carbocycles. The fraction of sp³-hybridized carbons (Fsp3) is 0.647. The predicted molar refractivity (Wildman–Crippen MR) is 77.9 cm³/mol. The standard InChI is InChI=1S/C17H24O3/c1-2-19-17(10-3-4-11-17)16(18)13-6-5-7-15(12-13)20-14-8-9-14/h5-7,12,14,16,18H,2-4,8-11H2,1H3. The highest BCUT2D eigenvalue weighted by atomic mass is 16.5. The van der Waals surface area contributed by atoms with Crippen LogP contribution in [0.25, 0.3) is 0 Å². The molecule has 0 heterocycles. The first kappa shape index (κ1) is 13.9. The van der Waals surface area contributed by atoms with Crippen LogP contribution in [0.3, 0.4) is 0 Å². The molecular weight excluding hydrogens is 252 g/mol. The van der Waals surface area contributed by atoms with Crippen molar-refractivity contribution in [1.82, 2.24) is 0 Å². The van der Waals surface area contributed by atoms with Crippen molar-refractivity contribution in [3.8, 4) is 5.75 Å². The SMILES string of the molecule is CCOC1(C(O)c2cccc(OC3CC3)c2)CCCC1. The summed E-state index contributed by atoms with van der Waals surface area (Å²) in [6, 6.07) is 7.88. The van der Waals surface area contributed by atoms with Crippen LogP contribution in [0.15, 0.2) is 24.3 Å². The van der Waals surface area contributed by atoms with Crippen LogP contribution in [-0.2, 0) is 4.74 Å². The van der Waals surface area contributed by atoms with Gasteiger partial charge in [0.1, 0.15) is 11.9 Å². The first-order chi connectivity index (χ1) is 9.73. The Labute approximate surface area is 120 Å². The van der Waals surface area contributed by atoms with Gasteiger partial charge in [0.2, 0.25) is 0 Å². The molecule has 0 aromatic heterocycles. The molecule has 2 saturated carbocycles.